The lowest BCUT2D eigenvalue weighted by molar-refractivity contribution is 0.387. The molecule has 1 aromatic carbocycles. The number of nitrogens with zero attached hydrogens (tertiary/aromatic N) is 1. The van der Waals surface area contributed by atoms with Crippen LogP contribution in [-0.2, 0) is 0 Å². The van der Waals surface area contributed by atoms with Crippen molar-refractivity contribution in [3.05, 3.63) is 34.5 Å². The van der Waals surface area contributed by atoms with E-state index < -0.39 is 5.82 Å². The third-order valence-electron chi connectivity index (χ3n) is 1.89. The Kier molecular flexibility index (Phi) is 2.88. The van der Waals surface area contributed by atoms with Crippen LogP contribution in [0.5, 0.6) is 5.75 Å². The summed E-state index contributed by atoms with van der Waals surface area (Å²) in [5.74, 6) is -0.204. The molecular weight excluding hydrogens is 237 g/mol. The maximum Gasteiger partial charge on any atom is 0.175 e. The number of thiazole rings is 1. The Morgan fingerprint density at radius 1 is 1.47 bits per heavy atom. The fourth-order valence-electron chi connectivity index (χ4n) is 1.21. The number of benzene rings is 1. The third-order valence-corrected chi connectivity index (χ3v) is 3.09. The van der Waals surface area contributed by atoms with Crippen LogP contribution in [0.25, 0.3) is 10.6 Å². The zero-order valence-electron chi connectivity index (χ0n) is 7.83. The van der Waals surface area contributed by atoms with Crippen LogP contribution in [0.4, 0.5) is 4.39 Å². The van der Waals surface area contributed by atoms with Gasteiger partial charge in [0.25, 0.3) is 0 Å². The van der Waals surface area contributed by atoms with Crippen molar-refractivity contribution < 1.29 is 9.13 Å². The normalized spacial score (nSPS) is 10.3. The quantitative estimate of drug-likeness (QED) is 0.804. The first-order valence-corrected chi connectivity index (χ1v) is 5.42. The van der Waals surface area contributed by atoms with Crippen LogP contribution in [0.15, 0.2) is 23.6 Å². The fraction of sp³-hybridized carbons (Fsp3) is 0.100. The molecule has 1 aromatic heterocycles. The average Bonchev–Trinajstić information content (AvgIpc) is 2.65. The van der Waals surface area contributed by atoms with Gasteiger partial charge in [0.15, 0.2) is 11.6 Å². The monoisotopic (exact) mass is 243 g/mol. The Bertz CT molecular complexity index is 486. The van der Waals surface area contributed by atoms with Crippen LogP contribution >= 0.6 is 22.9 Å². The molecule has 0 unspecified atom stereocenters. The van der Waals surface area contributed by atoms with Crippen molar-refractivity contribution in [2.45, 2.75) is 0 Å². The van der Waals surface area contributed by atoms with Crippen molar-refractivity contribution in [2.24, 2.45) is 0 Å². The maximum absolute atomic E-state index is 13.8. The standard InChI is InChI=1S/C10H7ClFNOS/c1-14-7-4-2-3-6(9(7)12)10-13-8(11)5-15-10/h2-5H,1H3. The summed E-state index contributed by atoms with van der Waals surface area (Å²) in [6.45, 7) is 0. The number of ether oxygens (including phenoxy) is 1. The van der Waals surface area contributed by atoms with Crippen molar-refractivity contribution in [3.8, 4) is 16.3 Å². The van der Waals surface area contributed by atoms with Gasteiger partial charge in [-0.2, -0.15) is 0 Å². The van der Waals surface area contributed by atoms with E-state index in [4.69, 9.17) is 16.3 Å². The lowest BCUT2D eigenvalue weighted by Gasteiger charge is -2.04. The van der Waals surface area contributed by atoms with Gasteiger partial charge in [-0.05, 0) is 12.1 Å². The Morgan fingerprint density at radius 3 is 2.87 bits per heavy atom. The Labute approximate surface area is 95.3 Å². The van der Waals surface area contributed by atoms with E-state index in [1.807, 2.05) is 0 Å². The van der Waals surface area contributed by atoms with Crippen LogP contribution < -0.4 is 4.74 Å². The predicted molar refractivity (Wildman–Crippen MR) is 59.1 cm³/mol. The zero-order valence-corrected chi connectivity index (χ0v) is 9.40. The highest BCUT2D eigenvalue weighted by Crippen LogP contribution is 2.31. The molecule has 0 bridgehead atoms. The molecule has 0 atom stereocenters. The van der Waals surface area contributed by atoms with E-state index in [0.717, 1.165) is 0 Å². The van der Waals surface area contributed by atoms with Gasteiger partial charge in [-0.1, -0.05) is 17.7 Å². The number of methoxy groups -OCH3 is 1. The van der Waals surface area contributed by atoms with Gasteiger partial charge in [-0.3, -0.25) is 0 Å². The molecule has 15 heavy (non-hydrogen) atoms. The highest BCUT2D eigenvalue weighted by Gasteiger charge is 2.12. The average molecular weight is 244 g/mol. The molecule has 0 fully saturated rings. The molecule has 2 nitrogen and oxygen atoms in total. The molecule has 1 heterocycles. The summed E-state index contributed by atoms with van der Waals surface area (Å²) >= 11 is 6.98. The molecule has 5 heteroatoms. The molecule has 0 aliphatic rings. The minimum Gasteiger partial charge on any atom is -0.494 e. The van der Waals surface area contributed by atoms with Crippen LogP contribution in [0, 0.1) is 5.82 Å². The summed E-state index contributed by atoms with van der Waals surface area (Å²) < 4.78 is 18.6. The molecule has 0 saturated carbocycles. The molecule has 0 aliphatic heterocycles. The fourth-order valence-corrected chi connectivity index (χ4v) is 2.18. The van der Waals surface area contributed by atoms with E-state index in [-0.39, 0.29) is 5.75 Å². The lowest BCUT2D eigenvalue weighted by Crippen LogP contribution is -1.90. The van der Waals surface area contributed by atoms with E-state index >= 15 is 0 Å². The highest BCUT2D eigenvalue weighted by molar-refractivity contribution is 7.13. The van der Waals surface area contributed by atoms with Gasteiger partial charge in [0.05, 0.1) is 12.7 Å². The maximum atomic E-state index is 13.8. The van der Waals surface area contributed by atoms with Crippen LogP contribution in [0.3, 0.4) is 0 Å². The van der Waals surface area contributed by atoms with Crippen molar-refractivity contribution in [3.63, 3.8) is 0 Å². The summed E-state index contributed by atoms with van der Waals surface area (Å²) in [4.78, 5) is 4.01. The molecule has 0 radical (unpaired) electrons. The largest absolute Gasteiger partial charge is 0.494 e. The van der Waals surface area contributed by atoms with E-state index in [1.54, 1.807) is 23.6 Å². The number of hydrogen-bond acceptors (Lipinski definition) is 3. The second-order valence-electron chi connectivity index (χ2n) is 2.80. The number of halogens is 2. The Balaban J connectivity index is 2.53. The van der Waals surface area contributed by atoms with Crippen molar-refractivity contribution in [1.82, 2.24) is 4.98 Å². The molecule has 2 aromatic rings. The Morgan fingerprint density at radius 2 is 2.27 bits per heavy atom. The summed E-state index contributed by atoms with van der Waals surface area (Å²) in [6.07, 6.45) is 0. The van der Waals surface area contributed by atoms with Gasteiger partial charge < -0.3 is 4.74 Å². The summed E-state index contributed by atoms with van der Waals surface area (Å²) in [7, 11) is 1.43. The van der Waals surface area contributed by atoms with Gasteiger partial charge >= 0.3 is 0 Å². The topological polar surface area (TPSA) is 22.1 Å². The molecule has 2 rings (SSSR count). The van der Waals surface area contributed by atoms with Gasteiger partial charge in [-0.25, -0.2) is 9.37 Å². The van der Waals surface area contributed by atoms with Crippen LogP contribution in [0.1, 0.15) is 0 Å². The van der Waals surface area contributed by atoms with E-state index in [1.165, 1.54) is 18.4 Å². The minimum absolute atomic E-state index is 0.207. The lowest BCUT2D eigenvalue weighted by atomic mass is 10.2. The van der Waals surface area contributed by atoms with E-state index in [9.17, 15) is 4.39 Å². The van der Waals surface area contributed by atoms with Gasteiger partial charge in [0, 0.05) is 5.38 Å². The molecule has 0 spiro atoms. The van der Waals surface area contributed by atoms with Crippen molar-refractivity contribution >= 4 is 22.9 Å². The number of rotatable bonds is 2. The van der Waals surface area contributed by atoms with Gasteiger partial charge in [-0.15, -0.1) is 11.3 Å². The second-order valence-corrected chi connectivity index (χ2v) is 4.04. The zero-order chi connectivity index (χ0) is 10.8. The predicted octanol–water partition coefficient (Wildman–Crippen LogP) is 3.61. The first-order chi connectivity index (χ1) is 7.22. The van der Waals surface area contributed by atoms with Gasteiger partial charge in [0.1, 0.15) is 10.2 Å². The smallest absolute Gasteiger partial charge is 0.175 e. The minimum atomic E-state index is -0.411. The SMILES string of the molecule is COc1cccc(-c2nc(Cl)cs2)c1F. The van der Waals surface area contributed by atoms with Crippen molar-refractivity contribution in [1.29, 1.82) is 0 Å². The summed E-state index contributed by atoms with van der Waals surface area (Å²) in [6, 6.07) is 4.92. The molecule has 0 aliphatic carbocycles. The number of hydrogen-bond donors (Lipinski definition) is 0. The van der Waals surface area contributed by atoms with Crippen LogP contribution in [-0.4, -0.2) is 12.1 Å². The Hall–Kier alpha value is -1.13. The molecule has 0 N–H and O–H groups in total. The van der Waals surface area contributed by atoms with E-state index in [0.29, 0.717) is 15.7 Å². The summed E-state index contributed by atoms with van der Waals surface area (Å²) in [5, 5.41) is 2.59. The first kappa shape index (κ1) is 10.4. The van der Waals surface area contributed by atoms with Gasteiger partial charge in [0.2, 0.25) is 0 Å². The number of aromatic nitrogens is 1. The molecule has 0 amide bonds. The second kappa shape index (κ2) is 4.16. The highest BCUT2D eigenvalue weighted by atomic mass is 35.5. The molecular formula is C10H7ClFNOS. The summed E-state index contributed by atoms with van der Waals surface area (Å²) in [5.41, 5.74) is 0.409. The van der Waals surface area contributed by atoms with Crippen LogP contribution in [0.2, 0.25) is 5.15 Å². The van der Waals surface area contributed by atoms with Crippen molar-refractivity contribution in [2.75, 3.05) is 7.11 Å². The first-order valence-electron chi connectivity index (χ1n) is 4.16. The molecule has 78 valence electrons. The third kappa shape index (κ3) is 1.96. The van der Waals surface area contributed by atoms with E-state index in [2.05, 4.69) is 4.98 Å². The molecule has 0 saturated heterocycles.